The average molecular weight is 555 g/mol. The van der Waals surface area contributed by atoms with Crippen LogP contribution in [0.5, 0.6) is 5.75 Å². The van der Waals surface area contributed by atoms with Crippen molar-refractivity contribution in [3.05, 3.63) is 77.4 Å². The average Bonchev–Trinajstić information content (AvgIpc) is 3.36. The Morgan fingerprint density at radius 1 is 1.18 bits per heavy atom. The normalized spacial score (nSPS) is 17.3. The molecule has 4 heterocycles. The van der Waals surface area contributed by atoms with Gasteiger partial charge in [0.25, 0.3) is 5.91 Å². The molecule has 1 aliphatic rings. The van der Waals surface area contributed by atoms with Crippen LogP contribution in [0.4, 0.5) is 13.2 Å². The van der Waals surface area contributed by atoms with Crippen LogP contribution in [0.1, 0.15) is 40.1 Å². The molecule has 1 amide bonds. The number of amides is 1. The van der Waals surface area contributed by atoms with Gasteiger partial charge in [0.1, 0.15) is 11.3 Å². The lowest BCUT2D eigenvalue weighted by Crippen LogP contribution is -2.55. The third-order valence-corrected chi connectivity index (χ3v) is 7.35. The molecule has 4 aromatic rings. The summed E-state index contributed by atoms with van der Waals surface area (Å²) in [6, 6.07) is 9.67. The Hall–Kier alpha value is -4.03. The number of nitrogens with zero attached hydrogens (tertiary/aromatic N) is 6. The van der Waals surface area contributed by atoms with Gasteiger partial charge >= 0.3 is 6.18 Å². The van der Waals surface area contributed by atoms with E-state index in [9.17, 15) is 23.1 Å². The SMILES string of the molecule is COc1ccc(-c2nc3c(C(=O)N4CCN(C(CO)c5cccnc5)C[C@H]4C)cnn3c(C(F)(F)F)c2C)cc1. The molecule has 0 spiro atoms. The van der Waals surface area contributed by atoms with Crippen molar-refractivity contribution in [3.8, 4) is 17.0 Å². The topological polar surface area (TPSA) is 96.1 Å². The van der Waals surface area contributed by atoms with Gasteiger partial charge in [0.15, 0.2) is 11.3 Å². The van der Waals surface area contributed by atoms with Crippen molar-refractivity contribution in [3.63, 3.8) is 0 Å². The molecule has 210 valence electrons. The van der Waals surface area contributed by atoms with Gasteiger partial charge in [0.05, 0.1) is 31.6 Å². The van der Waals surface area contributed by atoms with Crippen molar-refractivity contribution in [2.75, 3.05) is 33.4 Å². The Morgan fingerprint density at radius 3 is 2.52 bits per heavy atom. The Morgan fingerprint density at radius 2 is 1.93 bits per heavy atom. The number of ether oxygens (including phenoxy) is 1. The van der Waals surface area contributed by atoms with Gasteiger partial charge in [0, 0.05) is 49.2 Å². The van der Waals surface area contributed by atoms with Crippen LogP contribution in [0.15, 0.2) is 55.0 Å². The zero-order valence-corrected chi connectivity index (χ0v) is 22.3. The summed E-state index contributed by atoms with van der Waals surface area (Å²) in [5.74, 6) is 0.105. The van der Waals surface area contributed by atoms with Gasteiger partial charge in [-0.15, -0.1) is 0 Å². The predicted molar refractivity (Wildman–Crippen MR) is 141 cm³/mol. The number of hydrogen-bond acceptors (Lipinski definition) is 7. The first-order valence-electron chi connectivity index (χ1n) is 12.8. The number of pyridine rings is 1. The highest BCUT2D eigenvalue weighted by Crippen LogP contribution is 2.37. The molecule has 2 atom stereocenters. The van der Waals surface area contributed by atoms with Gasteiger partial charge in [-0.25, -0.2) is 9.50 Å². The molecule has 3 aromatic heterocycles. The number of fused-ring (bicyclic) bond motifs is 1. The smallest absolute Gasteiger partial charge is 0.433 e. The second-order valence-corrected chi connectivity index (χ2v) is 9.78. The van der Waals surface area contributed by atoms with Crippen LogP contribution in [-0.2, 0) is 6.18 Å². The van der Waals surface area contributed by atoms with E-state index in [1.165, 1.54) is 14.0 Å². The molecule has 9 nitrogen and oxygen atoms in total. The molecule has 1 unspecified atom stereocenters. The van der Waals surface area contributed by atoms with Crippen molar-refractivity contribution in [2.45, 2.75) is 32.1 Å². The fraction of sp³-hybridized carbons (Fsp3) is 0.357. The zero-order chi connectivity index (χ0) is 28.6. The molecule has 1 fully saturated rings. The maximum atomic E-state index is 14.3. The summed E-state index contributed by atoms with van der Waals surface area (Å²) in [6.45, 7) is 4.35. The van der Waals surface area contributed by atoms with E-state index in [0.29, 0.717) is 35.5 Å². The largest absolute Gasteiger partial charge is 0.497 e. The number of carbonyl (C=O) groups excluding carboxylic acids is 1. The second-order valence-electron chi connectivity index (χ2n) is 9.78. The molecule has 5 rings (SSSR count). The first-order chi connectivity index (χ1) is 19.1. The minimum atomic E-state index is -4.73. The van der Waals surface area contributed by atoms with Crippen molar-refractivity contribution in [1.82, 2.24) is 29.4 Å². The summed E-state index contributed by atoms with van der Waals surface area (Å²) in [4.78, 5) is 26.1. The van der Waals surface area contributed by atoms with Crippen molar-refractivity contribution >= 4 is 11.6 Å². The van der Waals surface area contributed by atoms with Crippen molar-refractivity contribution in [1.29, 1.82) is 0 Å². The van der Waals surface area contributed by atoms with E-state index in [2.05, 4.69) is 20.0 Å². The number of carbonyl (C=O) groups is 1. The number of rotatable bonds is 6. The summed E-state index contributed by atoms with van der Waals surface area (Å²) in [5, 5.41) is 14.0. The fourth-order valence-corrected chi connectivity index (χ4v) is 5.32. The van der Waals surface area contributed by atoms with Crippen LogP contribution in [0.25, 0.3) is 16.9 Å². The summed E-state index contributed by atoms with van der Waals surface area (Å²) in [5.41, 5.74) is 0.182. The molecular formula is C28H29F3N6O3. The van der Waals surface area contributed by atoms with Gasteiger partial charge < -0.3 is 14.7 Å². The Kier molecular flexibility index (Phi) is 7.47. The molecule has 0 radical (unpaired) electrons. The summed E-state index contributed by atoms with van der Waals surface area (Å²) in [7, 11) is 1.50. The molecule has 1 aromatic carbocycles. The molecule has 1 aliphatic heterocycles. The van der Waals surface area contributed by atoms with Gasteiger partial charge in [0.2, 0.25) is 0 Å². The highest BCUT2D eigenvalue weighted by molar-refractivity contribution is 6.00. The summed E-state index contributed by atoms with van der Waals surface area (Å²) >= 11 is 0. The van der Waals surface area contributed by atoms with Crippen LogP contribution in [0.3, 0.4) is 0 Å². The maximum Gasteiger partial charge on any atom is 0.433 e. The number of benzene rings is 1. The molecule has 40 heavy (non-hydrogen) atoms. The molecular weight excluding hydrogens is 525 g/mol. The van der Waals surface area contributed by atoms with Crippen molar-refractivity contribution in [2.24, 2.45) is 0 Å². The molecule has 12 heteroatoms. The van der Waals surface area contributed by atoms with E-state index in [1.54, 1.807) is 47.6 Å². The molecule has 0 aliphatic carbocycles. The van der Waals surface area contributed by atoms with Gasteiger partial charge in [-0.05, 0) is 49.7 Å². The van der Waals surface area contributed by atoms with Gasteiger partial charge in [-0.1, -0.05) is 6.07 Å². The number of alkyl halides is 3. The Labute approximate surface area is 228 Å². The Bertz CT molecular complexity index is 1510. The number of aliphatic hydroxyl groups excluding tert-OH is 1. The lowest BCUT2D eigenvalue weighted by atomic mass is 10.0. The number of methoxy groups -OCH3 is 1. The highest BCUT2D eigenvalue weighted by atomic mass is 19.4. The Balaban J connectivity index is 1.49. The summed E-state index contributed by atoms with van der Waals surface area (Å²) < 4.78 is 48.7. The molecule has 1 saturated heterocycles. The molecule has 0 bridgehead atoms. The number of hydrogen-bond donors (Lipinski definition) is 1. The number of piperazine rings is 1. The van der Waals surface area contributed by atoms with Gasteiger partial charge in [-0.2, -0.15) is 18.3 Å². The lowest BCUT2D eigenvalue weighted by Gasteiger charge is -2.42. The van der Waals surface area contributed by atoms with Gasteiger partial charge in [-0.3, -0.25) is 14.7 Å². The van der Waals surface area contributed by atoms with E-state index in [4.69, 9.17) is 4.74 Å². The summed E-state index contributed by atoms with van der Waals surface area (Å²) in [6.07, 6.45) is -0.215. The van der Waals surface area contributed by atoms with Crippen LogP contribution in [0, 0.1) is 6.92 Å². The minimum absolute atomic E-state index is 0.00784. The monoisotopic (exact) mass is 554 g/mol. The quantitative estimate of drug-likeness (QED) is 0.385. The number of aromatic nitrogens is 4. The molecule has 1 N–H and O–H groups in total. The zero-order valence-electron chi connectivity index (χ0n) is 22.3. The third kappa shape index (κ3) is 5.00. The standard InChI is InChI=1S/C28H29F3N6O3/c1-17-15-35(23(16-38)20-5-4-10-32-13-20)11-12-36(17)27(39)22-14-33-37-25(28(29,30)31)18(2)24(34-26(22)37)19-6-8-21(40-3)9-7-19/h4-10,13-14,17,23,38H,11-12,15-16H2,1-3H3/t17-,23?/m1/s1. The first-order valence-corrected chi connectivity index (χ1v) is 12.8. The maximum absolute atomic E-state index is 14.3. The van der Waals surface area contributed by atoms with Crippen LogP contribution >= 0.6 is 0 Å². The van der Waals surface area contributed by atoms with Crippen LogP contribution in [0.2, 0.25) is 0 Å². The van der Waals surface area contributed by atoms with E-state index < -0.39 is 17.8 Å². The predicted octanol–water partition coefficient (Wildman–Crippen LogP) is 4.01. The minimum Gasteiger partial charge on any atom is -0.497 e. The molecule has 0 saturated carbocycles. The number of halogens is 3. The van der Waals surface area contributed by atoms with E-state index in [-0.39, 0.29) is 41.2 Å². The van der Waals surface area contributed by atoms with E-state index >= 15 is 0 Å². The third-order valence-electron chi connectivity index (χ3n) is 7.35. The van der Waals surface area contributed by atoms with Crippen LogP contribution < -0.4 is 4.74 Å². The highest BCUT2D eigenvalue weighted by Gasteiger charge is 2.39. The van der Waals surface area contributed by atoms with E-state index in [1.807, 2.05) is 13.0 Å². The van der Waals surface area contributed by atoms with E-state index in [0.717, 1.165) is 11.8 Å². The lowest BCUT2D eigenvalue weighted by molar-refractivity contribution is -0.143. The van der Waals surface area contributed by atoms with Crippen LogP contribution in [-0.4, -0.2) is 79.8 Å². The second kappa shape index (κ2) is 10.9. The fourth-order valence-electron chi connectivity index (χ4n) is 5.32. The number of aliphatic hydroxyl groups is 1. The van der Waals surface area contributed by atoms with Crippen molar-refractivity contribution < 1.29 is 27.8 Å². The first kappa shape index (κ1) is 27.5.